The van der Waals surface area contributed by atoms with E-state index in [0.717, 1.165) is 36.1 Å². The molecule has 2 aromatic rings. The van der Waals surface area contributed by atoms with Crippen molar-refractivity contribution in [1.29, 1.82) is 0 Å². The van der Waals surface area contributed by atoms with Gasteiger partial charge >= 0.3 is 0 Å². The van der Waals surface area contributed by atoms with Crippen molar-refractivity contribution >= 4 is 11.8 Å². The maximum Gasteiger partial charge on any atom is 0.208 e. The van der Waals surface area contributed by atoms with Crippen LogP contribution in [0.3, 0.4) is 0 Å². The lowest BCUT2D eigenvalue weighted by atomic mass is 10.0. The summed E-state index contributed by atoms with van der Waals surface area (Å²) >= 11 is 1.69. The second-order valence-electron chi connectivity index (χ2n) is 5.12. The Morgan fingerprint density at radius 1 is 1.24 bits per heavy atom. The van der Waals surface area contributed by atoms with E-state index in [1.165, 1.54) is 11.1 Å². The van der Waals surface area contributed by atoms with Gasteiger partial charge in [-0.15, -0.1) is 5.10 Å². The van der Waals surface area contributed by atoms with Crippen LogP contribution in [-0.2, 0) is 6.42 Å². The highest BCUT2D eigenvalue weighted by Gasteiger charge is 2.12. The third-order valence-corrected chi connectivity index (χ3v) is 4.33. The molecule has 114 valence electrons. The third-order valence-electron chi connectivity index (χ3n) is 3.39. The van der Waals surface area contributed by atoms with Gasteiger partial charge in [0.1, 0.15) is 5.82 Å². The van der Waals surface area contributed by atoms with Crippen molar-refractivity contribution in [2.75, 3.05) is 12.3 Å². The molecule has 0 saturated heterocycles. The van der Waals surface area contributed by atoms with Gasteiger partial charge in [-0.1, -0.05) is 49.9 Å². The van der Waals surface area contributed by atoms with Gasteiger partial charge in [-0.05, 0) is 37.4 Å². The topological polar surface area (TPSA) is 53.6 Å². The van der Waals surface area contributed by atoms with E-state index in [1.54, 1.807) is 11.8 Å². The molecule has 0 aliphatic rings. The first-order valence-electron chi connectivity index (χ1n) is 7.57. The summed E-state index contributed by atoms with van der Waals surface area (Å²) in [4.78, 5) is 4.35. The highest BCUT2D eigenvalue weighted by atomic mass is 32.2. The lowest BCUT2D eigenvalue weighted by molar-refractivity contribution is 0.577. The molecule has 0 saturated carbocycles. The summed E-state index contributed by atoms with van der Waals surface area (Å²) in [6.07, 6.45) is 2.21. The minimum atomic E-state index is 0.333. The van der Waals surface area contributed by atoms with Crippen LogP contribution in [0.1, 0.15) is 43.3 Å². The van der Waals surface area contributed by atoms with E-state index in [-0.39, 0.29) is 0 Å². The fourth-order valence-electron chi connectivity index (χ4n) is 2.12. The quantitative estimate of drug-likeness (QED) is 0.733. The average Bonchev–Trinajstić information content (AvgIpc) is 2.93. The molecule has 2 N–H and O–H groups in total. The van der Waals surface area contributed by atoms with Gasteiger partial charge in [-0.2, -0.15) is 0 Å². The molecule has 0 fully saturated rings. The summed E-state index contributed by atoms with van der Waals surface area (Å²) < 4.78 is 0. The van der Waals surface area contributed by atoms with Gasteiger partial charge < -0.3 is 5.32 Å². The third kappa shape index (κ3) is 4.86. The molecule has 0 spiro atoms. The normalized spacial score (nSPS) is 12.5. The van der Waals surface area contributed by atoms with Crippen LogP contribution in [0, 0.1) is 6.92 Å². The fourth-order valence-corrected chi connectivity index (χ4v) is 3.06. The molecule has 0 bridgehead atoms. The maximum atomic E-state index is 4.35. The van der Waals surface area contributed by atoms with Crippen LogP contribution in [0.25, 0.3) is 0 Å². The van der Waals surface area contributed by atoms with Crippen LogP contribution in [-0.4, -0.2) is 27.5 Å². The van der Waals surface area contributed by atoms with Gasteiger partial charge in [0, 0.05) is 11.8 Å². The predicted octanol–water partition coefficient (Wildman–Crippen LogP) is 3.51. The predicted molar refractivity (Wildman–Crippen MR) is 88.7 cm³/mol. The summed E-state index contributed by atoms with van der Waals surface area (Å²) in [5, 5.41) is 11.5. The van der Waals surface area contributed by atoms with Crippen LogP contribution in [0.5, 0.6) is 0 Å². The monoisotopic (exact) mass is 304 g/mol. The van der Waals surface area contributed by atoms with Crippen molar-refractivity contribution in [3.63, 3.8) is 0 Å². The molecule has 1 aromatic carbocycles. The molecular weight excluding hydrogens is 280 g/mol. The van der Waals surface area contributed by atoms with E-state index in [1.807, 2.05) is 6.92 Å². The first-order valence-corrected chi connectivity index (χ1v) is 8.55. The summed E-state index contributed by atoms with van der Waals surface area (Å²) in [7, 11) is 0. The van der Waals surface area contributed by atoms with E-state index in [0.29, 0.717) is 6.04 Å². The summed E-state index contributed by atoms with van der Waals surface area (Å²) in [6.45, 7) is 7.32. The SMILES string of the molecule is CCCNC(CSc1n[nH]c(C)n1)c1ccc(CC)cc1. The lowest BCUT2D eigenvalue weighted by Gasteiger charge is -2.18. The second kappa shape index (κ2) is 8.20. The van der Waals surface area contributed by atoms with E-state index in [9.17, 15) is 0 Å². The Morgan fingerprint density at radius 2 is 2.00 bits per heavy atom. The molecule has 0 aliphatic heterocycles. The molecule has 4 nitrogen and oxygen atoms in total. The van der Waals surface area contributed by atoms with E-state index in [4.69, 9.17) is 0 Å². The zero-order valence-electron chi connectivity index (χ0n) is 13.0. The van der Waals surface area contributed by atoms with Crippen LogP contribution < -0.4 is 5.32 Å². The van der Waals surface area contributed by atoms with E-state index in [2.05, 4.69) is 58.6 Å². The Balaban J connectivity index is 2.01. The molecule has 21 heavy (non-hydrogen) atoms. The van der Waals surface area contributed by atoms with Gasteiger partial charge in [0.15, 0.2) is 0 Å². The van der Waals surface area contributed by atoms with Crippen LogP contribution in [0.2, 0.25) is 0 Å². The standard InChI is InChI=1S/C16H24N4S/c1-4-10-17-15(11-21-16-18-12(3)19-20-16)14-8-6-13(5-2)7-9-14/h6-9,15,17H,4-5,10-11H2,1-3H3,(H,18,19,20). The Morgan fingerprint density at radius 3 is 2.57 bits per heavy atom. The van der Waals surface area contributed by atoms with Crippen molar-refractivity contribution in [2.24, 2.45) is 0 Å². The van der Waals surface area contributed by atoms with Crippen LogP contribution in [0.4, 0.5) is 0 Å². The minimum Gasteiger partial charge on any atom is -0.309 e. The summed E-state index contributed by atoms with van der Waals surface area (Å²) in [6, 6.07) is 9.24. The van der Waals surface area contributed by atoms with Gasteiger partial charge in [0.2, 0.25) is 5.16 Å². The molecule has 1 aromatic heterocycles. The number of benzene rings is 1. The first-order chi connectivity index (χ1) is 10.2. The molecule has 5 heteroatoms. The van der Waals surface area contributed by atoms with Crippen molar-refractivity contribution in [2.45, 2.75) is 44.8 Å². The number of thioether (sulfide) groups is 1. The van der Waals surface area contributed by atoms with Crippen LogP contribution in [0.15, 0.2) is 29.4 Å². The molecule has 1 heterocycles. The minimum absolute atomic E-state index is 0.333. The summed E-state index contributed by atoms with van der Waals surface area (Å²) in [5.74, 6) is 1.80. The number of nitrogens with zero attached hydrogens (tertiary/aromatic N) is 2. The zero-order chi connectivity index (χ0) is 15.1. The number of rotatable bonds is 8. The molecule has 1 atom stereocenters. The van der Waals surface area contributed by atoms with Crippen molar-refractivity contribution in [3.05, 3.63) is 41.2 Å². The van der Waals surface area contributed by atoms with Crippen molar-refractivity contribution in [3.8, 4) is 0 Å². The van der Waals surface area contributed by atoms with Gasteiger partial charge in [0.05, 0.1) is 0 Å². The number of nitrogens with one attached hydrogen (secondary N) is 2. The maximum absolute atomic E-state index is 4.35. The van der Waals surface area contributed by atoms with Gasteiger partial charge in [-0.3, -0.25) is 5.10 Å². The Hall–Kier alpha value is -1.33. The van der Waals surface area contributed by atoms with Crippen molar-refractivity contribution in [1.82, 2.24) is 20.5 Å². The van der Waals surface area contributed by atoms with Crippen molar-refractivity contribution < 1.29 is 0 Å². The second-order valence-corrected chi connectivity index (χ2v) is 6.10. The molecule has 0 aliphatic carbocycles. The number of aromatic nitrogens is 3. The number of hydrogen-bond acceptors (Lipinski definition) is 4. The molecule has 2 rings (SSSR count). The molecule has 1 unspecified atom stereocenters. The average molecular weight is 304 g/mol. The smallest absolute Gasteiger partial charge is 0.208 e. The first kappa shape index (κ1) is 16.0. The lowest BCUT2D eigenvalue weighted by Crippen LogP contribution is -2.24. The number of H-pyrrole nitrogens is 1. The summed E-state index contributed by atoms with van der Waals surface area (Å²) in [5.41, 5.74) is 2.71. The van der Waals surface area contributed by atoms with Gasteiger partial charge in [0.25, 0.3) is 0 Å². The molecule has 0 amide bonds. The fraction of sp³-hybridized carbons (Fsp3) is 0.500. The largest absolute Gasteiger partial charge is 0.309 e. The Bertz CT molecular complexity index is 535. The van der Waals surface area contributed by atoms with Gasteiger partial charge in [-0.25, -0.2) is 4.98 Å². The number of aryl methyl sites for hydroxylation is 2. The number of hydrogen-bond donors (Lipinski definition) is 2. The highest BCUT2D eigenvalue weighted by molar-refractivity contribution is 7.99. The van der Waals surface area contributed by atoms with Crippen LogP contribution >= 0.6 is 11.8 Å². The molecule has 0 radical (unpaired) electrons. The highest BCUT2D eigenvalue weighted by Crippen LogP contribution is 2.23. The number of aromatic amines is 1. The van der Waals surface area contributed by atoms with E-state index >= 15 is 0 Å². The molecular formula is C16H24N4S. The zero-order valence-corrected chi connectivity index (χ0v) is 13.8. The Labute approximate surface area is 131 Å². The van der Waals surface area contributed by atoms with E-state index < -0.39 is 0 Å². The Kier molecular flexibility index (Phi) is 6.26.